The molecule has 1 saturated carbocycles. The molecule has 6 heteroatoms. The molecule has 0 N–H and O–H groups in total. The van der Waals surface area contributed by atoms with Gasteiger partial charge < -0.3 is 4.74 Å². The van der Waals surface area contributed by atoms with E-state index in [1.807, 2.05) is 0 Å². The summed E-state index contributed by atoms with van der Waals surface area (Å²) in [5.41, 5.74) is -0.656. The smallest absolute Gasteiger partial charge is 0.283 e. The molecule has 0 aliphatic heterocycles. The van der Waals surface area contributed by atoms with Crippen molar-refractivity contribution < 1.29 is 18.8 Å². The molecule has 1 aromatic rings. The number of nitro groups is 1. The molecule has 1 aromatic carbocycles. The fourth-order valence-electron chi connectivity index (χ4n) is 1.73. The number of carbonyl (C=O) groups excluding carboxylic acids is 1. The van der Waals surface area contributed by atoms with Gasteiger partial charge in [-0.25, -0.2) is 4.39 Å². The van der Waals surface area contributed by atoms with Crippen LogP contribution < -0.4 is 4.74 Å². The van der Waals surface area contributed by atoms with Gasteiger partial charge in [-0.05, 0) is 26.2 Å². The van der Waals surface area contributed by atoms with Crippen LogP contribution in [-0.4, -0.2) is 16.8 Å². The van der Waals surface area contributed by atoms with E-state index in [4.69, 9.17) is 4.74 Å². The lowest BCUT2D eigenvalue weighted by molar-refractivity contribution is -0.385. The van der Waals surface area contributed by atoms with Gasteiger partial charge in [0, 0.05) is 6.07 Å². The van der Waals surface area contributed by atoms with Crippen LogP contribution in [0.4, 0.5) is 10.1 Å². The van der Waals surface area contributed by atoms with E-state index in [9.17, 15) is 19.3 Å². The molecule has 0 saturated heterocycles. The maximum atomic E-state index is 13.6. The predicted molar refractivity (Wildman–Crippen MR) is 61.3 cm³/mol. The number of nitrogens with zero attached hydrogens (tertiary/aromatic N) is 1. The summed E-state index contributed by atoms with van der Waals surface area (Å²) in [6, 6.07) is 1.86. The summed E-state index contributed by atoms with van der Waals surface area (Å²) >= 11 is 0. The normalized spacial score (nSPS) is 15.0. The quantitative estimate of drug-likeness (QED) is 0.470. The monoisotopic (exact) mass is 253 g/mol. The molecule has 96 valence electrons. The Morgan fingerprint density at radius 1 is 1.50 bits per heavy atom. The molecule has 0 spiro atoms. The van der Waals surface area contributed by atoms with Crippen molar-refractivity contribution >= 4 is 11.5 Å². The number of ether oxygens (including phenoxy) is 1. The molecule has 0 heterocycles. The fraction of sp³-hybridized carbons (Fsp3) is 0.417. The molecule has 0 bridgehead atoms. The van der Waals surface area contributed by atoms with Crippen LogP contribution in [0.5, 0.6) is 5.75 Å². The highest BCUT2D eigenvalue weighted by Gasteiger charge is 2.25. The molecule has 0 atom stereocenters. The van der Waals surface area contributed by atoms with Crippen LogP contribution in [-0.2, 0) is 0 Å². The maximum Gasteiger partial charge on any atom is 0.283 e. The average molecular weight is 253 g/mol. The van der Waals surface area contributed by atoms with Crippen LogP contribution in [0.2, 0.25) is 0 Å². The second-order valence-corrected chi connectivity index (χ2v) is 4.28. The molecule has 5 nitrogen and oxygen atoms in total. The molecule has 0 unspecified atom stereocenters. The SMILES string of the molecule is CC(=O)c1cc(OC2CCC2)c(F)cc1[N+](=O)[O-]. The zero-order chi connectivity index (χ0) is 13.3. The van der Waals surface area contributed by atoms with Crippen LogP contribution in [0, 0.1) is 15.9 Å². The Bertz CT molecular complexity index is 511. The van der Waals surface area contributed by atoms with Crippen molar-refractivity contribution in [3.63, 3.8) is 0 Å². The summed E-state index contributed by atoms with van der Waals surface area (Å²) in [6.07, 6.45) is 2.65. The number of benzene rings is 1. The van der Waals surface area contributed by atoms with Gasteiger partial charge in [0.15, 0.2) is 17.3 Å². The zero-order valence-electron chi connectivity index (χ0n) is 9.81. The summed E-state index contributed by atoms with van der Waals surface area (Å²) < 4.78 is 19.0. The lowest BCUT2D eigenvalue weighted by Gasteiger charge is -2.26. The topological polar surface area (TPSA) is 69.4 Å². The minimum absolute atomic E-state index is 0.0548. The number of hydrogen-bond acceptors (Lipinski definition) is 4. The Kier molecular flexibility index (Phi) is 3.27. The number of carbonyl (C=O) groups is 1. The van der Waals surface area contributed by atoms with Crippen LogP contribution >= 0.6 is 0 Å². The number of halogens is 1. The van der Waals surface area contributed by atoms with E-state index in [1.165, 1.54) is 6.92 Å². The number of hydrogen-bond donors (Lipinski definition) is 0. The fourth-order valence-corrected chi connectivity index (χ4v) is 1.73. The number of ketones is 1. The van der Waals surface area contributed by atoms with Crippen molar-refractivity contribution in [2.75, 3.05) is 0 Å². The zero-order valence-corrected chi connectivity index (χ0v) is 9.81. The van der Waals surface area contributed by atoms with Gasteiger partial charge in [-0.3, -0.25) is 14.9 Å². The third-order valence-electron chi connectivity index (χ3n) is 2.97. The first-order chi connectivity index (χ1) is 8.49. The highest BCUT2D eigenvalue weighted by molar-refractivity contribution is 5.98. The van der Waals surface area contributed by atoms with Gasteiger partial charge in [-0.2, -0.15) is 0 Å². The lowest BCUT2D eigenvalue weighted by atomic mass is 9.96. The number of rotatable bonds is 4. The third-order valence-corrected chi connectivity index (χ3v) is 2.97. The van der Waals surface area contributed by atoms with Crippen molar-refractivity contribution in [3.05, 3.63) is 33.6 Å². The van der Waals surface area contributed by atoms with E-state index in [-0.39, 0.29) is 17.4 Å². The van der Waals surface area contributed by atoms with E-state index in [1.54, 1.807) is 0 Å². The van der Waals surface area contributed by atoms with Crippen molar-refractivity contribution in [3.8, 4) is 5.75 Å². The molecule has 18 heavy (non-hydrogen) atoms. The Hall–Kier alpha value is -1.98. The van der Waals surface area contributed by atoms with Crippen LogP contribution in [0.3, 0.4) is 0 Å². The molecule has 0 amide bonds. The Morgan fingerprint density at radius 3 is 2.61 bits per heavy atom. The Balaban J connectivity index is 2.38. The van der Waals surface area contributed by atoms with Gasteiger partial charge in [0.25, 0.3) is 5.69 Å². The highest BCUT2D eigenvalue weighted by atomic mass is 19.1. The van der Waals surface area contributed by atoms with E-state index >= 15 is 0 Å². The van der Waals surface area contributed by atoms with Gasteiger partial charge in [0.1, 0.15) is 0 Å². The van der Waals surface area contributed by atoms with E-state index < -0.39 is 22.2 Å². The molecular formula is C12H12FNO4. The first kappa shape index (κ1) is 12.5. The largest absolute Gasteiger partial charge is 0.487 e. The highest BCUT2D eigenvalue weighted by Crippen LogP contribution is 2.31. The van der Waals surface area contributed by atoms with Gasteiger partial charge in [-0.15, -0.1) is 0 Å². The standard InChI is InChI=1S/C12H12FNO4/c1-7(15)9-5-12(18-8-3-2-4-8)10(13)6-11(9)14(16)17/h5-6,8H,2-4H2,1H3. The summed E-state index contributed by atoms with van der Waals surface area (Å²) in [7, 11) is 0. The van der Waals surface area contributed by atoms with E-state index in [0.717, 1.165) is 31.4 Å². The molecule has 2 rings (SSSR count). The van der Waals surface area contributed by atoms with Crippen LogP contribution in [0.1, 0.15) is 36.5 Å². The van der Waals surface area contributed by atoms with Crippen molar-refractivity contribution in [1.29, 1.82) is 0 Å². The molecule has 1 aliphatic rings. The van der Waals surface area contributed by atoms with Crippen molar-refractivity contribution in [2.45, 2.75) is 32.3 Å². The van der Waals surface area contributed by atoms with E-state index in [0.29, 0.717) is 0 Å². The molecule has 0 aromatic heterocycles. The predicted octanol–water partition coefficient (Wildman–Crippen LogP) is 2.87. The van der Waals surface area contributed by atoms with Crippen LogP contribution in [0.15, 0.2) is 12.1 Å². The third kappa shape index (κ3) is 2.32. The van der Waals surface area contributed by atoms with Gasteiger partial charge in [0.2, 0.25) is 0 Å². The van der Waals surface area contributed by atoms with Gasteiger partial charge >= 0.3 is 0 Å². The number of Topliss-reactive ketones (excluding diaryl/α,β-unsaturated/α-hetero) is 1. The van der Waals surface area contributed by atoms with Gasteiger partial charge in [-0.1, -0.05) is 0 Å². The first-order valence-electron chi connectivity index (χ1n) is 5.64. The van der Waals surface area contributed by atoms with Gasteiger partial charge in [0.05, 0.1) is 22.7 Å². The van der Waals surface area contributed by atoms with Crippen LogP contribution in [0.25, 0.3) is 0 Å². The first-order valence-corrected chi connectivity index (χ1v) is 5.64. The second kappa shape index (κ2) is 4.72. The molecule has 1 aliphatic carbocycles. The molecular weight excluding hydrogens is 241 g/mol. The second-order valence-electron chi connectivity index (χ2n) is 4.28. The van der Waals surface area contributed by atoms with Crippen molar-refractivity contribution in [1.82, 2.24) is 0 Å². The Labute approximate surface area is 103 Å². The summed E-state index contributed by atoms with van der Waals surface area (Å²) in [6.45, 7) is 1.20. The minimum atomic E-state index is -0.807. The Morgan fingerprint density at radius 2 is 2.17 bits per heavy atom. The molecule has 1 fully saturated rings. The average Bonchev–Trinajstić information content (AvgIpc) is 2.23. The maximum absolute atomic E-state index is 13.6. The molecule has 0 radical (unpaired) electrons. The minimum Gasteiger partial charge on any atom is -0.487 e. The lowest BCUT2D eigenvalue weighted by Crippen LogP contribution is -2.25. The number of nitro benzene ring substituents is 1. The summed E-state index contributed by atoms with van der Waals surface area (Å²) in [5.74, 6) is -1.38. The summed E-state index contributed by atoms with van der Waals surface area (Å²) in [4.78, 5) is 21.3. The van der Waals surface area contributed by atoms with Crippen molar-refractivity contribution in [2.24, 2.45) is 0 Å². The summed E-state index contributed by atoms with van der Waals surface area (Å²) in [5, 5.41) is 10.7. The van der Waals surface area contributed by atoms with E-state index in [2.05, 4.69) is 0 Å².